The lowest BCUT2D eigenvalue weighted by Crippen LogP contribution is -2.52. The van der Waals surface area contributed by atoms with Crippen LogP contribution in [-0.4, -0.2) is 17.0 Å². The van der Waals surface area contributed by atoms with Crippen LogP contribution >= 0.6 is 0 Å². The van der Waals surface area contributed by atoms with E-state index in [-0.39, 0.29) is 17.0 Å². The Morgan fingerprint density at radius 1 is 1.12 bits per heavy atom. The summed E-state index contributed by atoms with van der Waals surface area (Å²) >= 11 is 0. The van der Waals surface area contributed by atoms with E-state index in [0.29, 0.717) is 0 Å². The monoisotopic (exact) mass is 327 g/mol. The average Bonchev–Trinajstić information content (AvgIpc) is 2.54. The number of nitro groups is 1. The summed E-state index contributed by atoms with van der Waals surface area (Å²) < 4.78 is 0. The second-order valence-corrected chi connectivity index (χ2v) is 7.75. The quantitative estimate of drug-likeness (QED) is 0.523. The number of amides is 1. The van der Waals surface area contributed by atoms with Gasteiger partial charge in [0.1, 0.15) is 0 Å². The summed E-state index contributed by atoms with van der Waals surface area (Å²) in [5.41, 5.74) is 3.29. The molecule has 0 unspecified atom stereocenters. The maximum absolute atomic E-state index is 12.7. The van der Waals surface area contributed by atoms with E-state index >= 15 is 0 Å². The number of hydrazone groups is 1. The Bertz CT molecular complexity index is 661. The van der Waals surface area contributed by atoms with Crippen LogP contribution in [0.4, 0.5) is 5.69 Å². The first-order chi connectivity index (χ1) is 11.5. The molecule has 1 aromatic rings. The number of non-ortho nitro benzene ring substituents is 1. The molecule has 0 aliphatic heterocycles. The molecule has 1 aromatic carbocycles. The van der Waals surface area contributed by atoms with Gasteiger partial charge in [-0.1, -0.05) is 0 Å². The number of hydrogen-bond acceptors (Lipinski definition) is 4. The molecule has 5 rings (SSSR count). The van der Waals surface area contributed by atoms with Crippen LogP contribution in [0.5, 0.6) is 0 Å². The van der Waals surface area contributed by atoms with Crippen LogP contribution in [0.25, 0.3) is 0 Å². The number of nitrogens with zero attached hydrogens (tertiary/aromatic N) is 2. The first-order valence-corrected chi connectivity index (χ1v) is 8.62. The van der Waals surface area contributed by atoms with Crippen LogP contribution < -0.4 is 5.43 Å². The number of hydrogen-bond donors (Lipinski definition) is 1. The molecular formula is C18H21N3O3. The maximum Gasteiger partial charge on any atom is 0.269 e. The van der Waals surface area contributed by atoms with Crippen molar-refractivity contribution in [2.24, 2.45) is 28.3 Å². The Hall–Kier alpha value is -2.24. The van der Waals surface area contributed by atoms with E-state index in [4.69, 9.17) is 0 Å². The second kappa shape index (κ2) is 5.69. The Morgan fingerprint density at radius 2 is 1.67 bits per heavy atom. The van der Waals surface area contributed by atoms with Crippen molar-refractivity contribution in [3.63, 3.8) is 0 Å². The molecule has 6 heteroatoms. The third-order valence-electron chi connectivity index (χ3n) is 6.00. The predicted octanol–water partition coefficient (Wildman–Crippen LogP) is 3.26. The van der Waals surface area contributed by atoms with Gasteiger partial charge in [0.15, 0.2) is 0 Å². The second-order valence-electron chi connectivity index (χ2n) is 7.75. The highest BCUT2D eigenvalue weighted by molar-refractivity contribution is 5.85. The lowest BCUT2D eigenvalue weighted by molar-refractivity contribution is -0.384. The topological polar surface area (TPSA) is 84.6 Å². The molecule has 0 spiro atoms. The lowest BCUT2D eigenvalue weighted by Gasteiger charge is -2.55. The summed E-state index contributed by atoms with van der Waals surface area (Å²) in [6.07, 6.45) is 8.49. The Kier molecular flexibility index (Phi) is 3.62. The number of nitrogens with one attached hydrogen (secondary N) is 1. The summed E-state index contributed by atoms with van der Waals surface area (Å²) in [7, 11) is 0. The van der Waals surface area contributed by atoms with E-state index in [1.165, 1.54) is 31.4 Å². The zero-order valence-electron chi connectivity index (χ0n) is 13.5. The molecule has 6 nitrogen and oxygen atoms in total. The van der Waals surface area contributed by atoms with Gasteiger partial charge in [0, 0.05) is 12.1 Å². The molecule has 24 heavy (non-hydrogen) atoms. The summed E-state index contributed by atoms with van der Waals surface area (Å²) in [5, 5.41) is 14.7. The molecule has 4 fully saturated rings. The fraction of sp³-hybridized carbons (Fsp3) is 0.556. The average molecular weight is 327 g/mol. The van der Waals surface area contributed by atoms with E-state index in [2.05, 4.69) is 10.5 Å². The zero-order valence-corrected chi connectivity index (χ0v) is 13.5. The van der Waals surface area contributed by atoms with Crippen LogP contribution in [0.2, 0.25) is 0 Å². The van der Waals surface area contributed by atoms with E-state index in [9.17, 15) is 14.9 Å². The van der Waals surface area contributed by atoms with Gasteiger partial charge in [-0.3, -0.25) is 14.9 Å². The minimum absolute atomic E-state index is 0.0461. The van der Waals surface area contributed by atoms with Crippen molar-refractivity contribution in [3.05, 3.63) is 39.9 Å². The fourth-order valence-electron chi connectivity index (χ4n) is 5.35. The van der Waals surface area contributed by atoms with Crippen LogP contribution in [0.15, 0.2) is 29.4 Å². The smallest absolute Gasteiger partial charge is 0.269 e. The van der Waals surface area contributed by atoms with Gasteiger partial charge in [-0.2, -0.15) is 5.10 Å². The highest BCUT2D eigenvalue weighted by Crippen LogP contribution is 2.60. The molecule has 1 N–H and O–H groups in total. The highest BCUT2D eigenvalue weighted by Gasteiger charge is 2.54. The number of benzene rings is 1. The normalized spacial score (nSPS) is 33.8. The summed E-state index contributed by atoms with van der Waals surface area (Å²) in [5.74, 6) is 2.22. The lowest BCUT2D eigenvalue weighted by atomic mass is 9.49. The highest BCUT2D eigenvalue weighted by atomic mass is 16.6. The Labute approximate surface area is 140 Å². The third kappa shape index (κ3) is 2.70. The number of nitro benzene ring substituents is 1. The van der Waals surface area contributed by atoms with Gasteiger partial charge in [0.05, 0.1) is 16.6 Å². The summed E-state index contributed by atoms with van der Waals surface area (Å²) in [6.45, 7) is 0. The van der Waals surface area contributed by atoms with Crippen molar-refractivity contribution in [2.45, 2.75) is 38.5 Å². The van der Waals surface area contributed by atoms with Crippen LogP contribution in [-0.2, 0) is 4.79 Å². The minimum atomic E-state index is -0.435. The van der Waals surface area contributed by atoms with E-state index in [1.54, 1.807) is 18.3 Å². The molecule has 126 valence electrons. The van der Waals surface area contributed by atoms with Gasteiger partial charge in [0.25, 0.3) is 5.69 Å². The van der Waals surface area contributed by atoms with Crippen LogP contribution in [0.3, 0.4) is 0 Å². The van der Waals surface area contributed by atoms with E-state index in [1.807, 2.05) is 0 Å². The Balaban J connectivity index is 1.40. The minimum Gasteiger partial charge on any atom is -0.273 e. The molecule has 4 aliphatic carbocycles. The molecule has 4 saturated carbocycles. The van der Waals surface area contributed by atoms with Crippen molar-refractivity contribution >= 4 is 17.8 Å². The predicted molar refractivity (Wildman–Crippen MR) is 89.4 cm³/mol. The van der Waals surface area contributed by atoms with Gasteiger partial charge < -0.3 is 0 Å². The fourth-order valence-corrected chi connectivity index (χ4v) is 5.35. The molecule has 0 radical (unpaired) electrons. The van der Waals surface area contributed by atoms with Gasteiger partial charge >= 0.3 is 0 Å². The first kappa shape index (κ1) is 15.3. The zero-order chi connectivity index (χ0) is 16.7. The van der Waals surface area contributed by atoms with Crippen LogP contribution in [0, 0.1) is 33.3 Å². The molecule has 4 aliphatic rings. The van der Waals surface area contributed by atoms with Gasteiger partial charge in [-0.15, -0.1) is 0 Å². The molecule has 0 saturated heterocycles. The number of carbonyl (C=O) groups excluding carboxylic acids is 1. The standard InChI is InChI=1S/C18H21N3O3/c22-17(18-8-13-5-14(9-18)7-15(6-13)10-18)20-19-11-12-1-3-16(4-2-12)21(23)24/h1-4,11,13-15H,5-10H2,(H,20,22)/b19-11+. The van der Waals surface area contributed by atoms with Crippen molar-refractivity contribution in [1.82, 2.24) is 5.43 Å². The molecule has 4 bridgehead atoms. The molecular weight excluding hydrogens is 306 g/mol. The van der Waals surface area contributed by atoms with Crippen LogP contribution in [0.1, 0.15) is 44.1 Å². The van der Waals surface area contributed by atoms with Crippen molar-refractivity contribution < 1.29 is 9.72 Å². The van der Waals surface area contributed by atoms with Gasteiger partial charge in [-0.05, 0) is 74.0 Å². The van der Waals surface area contributed by atoms with Gasteiger partial charge in [-0.25, -0.2) is 5.43 Å². The largest absolute Gasteiger partial charge is 0.273 e. The molecule has 0 atom stereocenters. The molecule has 0 aromatic heterocycles. The number of carbonyl (C=O) groups is 1. The summed E-state index contributed by atoms with van der Waals surface area (Å²) in [6, 6.07) is 6.11. The molecule has 1 amide bonds. The third-order valence-corrected chi connectivity index (χ3v) is 6.00. The molecule has 0 heterocycles. The van der Waals surface area contributed by atoms with E-state index in [0.717, 1.165) is 42.6 Å². The first-order valence-electron chi connectivity index (χ1n) is 8.62. The van der Waals surface area contributed by atoms with E-state index < -0.39 is 4.92 Å². The number of rotatable bonds is 4. The maximum atomic E-state index is 12.7. The van der Waals surface area contributed by atoms with Crippen molar-refractivity contribution in [1.29, 1.82) is 0 Å². The summed E-state index contributed by atoms with van der Waals surface area (Å²) in [4.78, 5) is 22.9. The Morgan fingerprint density at radius 3 is 2.17 bits per heavy atom. The SMILES string of the molecule is O=C(N/N=C/c1ccc([N+](=O)[O-])cc1)C12CC3CC(CC(C3)C1)C2. The van der Waals surface area contributed by atoms with Crippen molar-refractivity contribution in [3.8, 4) is 0 Å². The van der Waals surface area contributed by atoms with Crippen molar-refractivity contribution in [2.75, 3.05) is 0 Å². The van der Waals surface area contributed by atoms with Gasteiger partial charge in [0.2, 0.25) is 5.91 Å².